The van der Waals surface area contributed by atoms with E-state index in [0.717, 1.165) is 5.56 Å². The van der Waals surface area contributed by atoms with Gasteiger partial charge in [0.2, 0.25) is 7.37 Å². The number of rotatable bonds is 7. The SMILES string of the molecule is NC(CCP(=O)(O)O)P(=O)(O)CCc1ccccc1. The van der Waals surface area contributed by atoms with Gasteiger partial charge in [-0.05, 0) is 18.4 Å². The molecule has 19 heavy (non-hydrogen) atoms. The lowest BCUT2D eigenvalue weighted by Gasteiger charge is -2.19. The highest BCUT2D eigenvalue weighted by atomic mass is 31.2. The van der Waals surface area contributed by atoms with Gasteiger partial charge in [0.05, 0.1) is 11.9 Å². The summed E-state index contributed by atoms with van der Waals surface area (Å²) >= 11 is 0. The molecule has 0 aliphatic heterocycles. The molecule has 1 aromatic rings. The Morgan fingerprint density at radius 1 is 1.05 bits per heavy atom. The van der Waals surface area contributed by atoms with Crippen LogP contribution in [0.25, 0.3) is 0 Å². The molecule has 0 saturated carbocycles. The van der Waals surface area contributed by atoms with E-state index in [1.807, 2.05) is 30.3 Å². The Hall–Kier alpha value is -0.480. The average molecular weight is 307 g/mol. The Morgan fingerprint density at radius 2 is 1.63 bits per heavy atom. The molecule has 6 nitrogen and oxygen atoms in total. The topological polar surface area (TPSA) is 121 Å². The van der Waals surface area contributed by atoms with Gasteiger partial charge in [-0.2, -0.15) is 0 Å². The van der Waals surface area contributed by atoms with Gasteiger partial charge in [0.15, 0.2) is 0 Å². The maximum Gasteiger partial charge on any atom is 0.325 e. The molecule has 0 aromatic heterocycles. The molecule has 108 valence electrons. The van der Waals surface area contributed by atoms with Crippen molar-refractivity contribution in [1.29, 1.82) is 0 Å². The summed E-state index contributed by atoms with van der Waals surface area (Å²) < 4.78 is 22.7. The van der Waals surface area contributed by atoms with Crippen LogP contribution in [0.3, 0.4) is 0 Å². The van der Waals surface area contributed by atoms with Gasteiger partial charge in [0.25, 0.3) is 0 Å². The maximum atomic E-state index is 12.0. The van der Waals surface area contributed by atoms with Crippen LogP contribution in [0.2, 0.25) is 0 Å². The molecule has 5 N–H and O–H groups in total. The third-order valence-electron chi connectivity index (χ3n) is 2.80. The lowest BCUT2D eigenvalue weighted by molar-refractivity contribution is 0.370. The van der Waals surface area contributed by atoms with Crippen LogP contribution in [0, 0.1) is 0 Å². The van der Waals surface area contributed by atoms with E-state index < -0.39 is 26.9 Å². The van der Waals surface area contributed by atoms with E-state index in [4.69, 9.17) is 15.5 Å². The van der Waals surface area contributed by atoms with Crippen molar-refractivity contribution < 1.29 is 23.8 Å². The van der Waals surface area contributed by atoms with Crippen molar-refractivity contribution in [2.24, 2.45) is 5.73 Å². The van der Waals surface area contributed by atoms with Gasteiger partial charge in [-0.1, -0.05) is 30.3 Å². The fraction of sp³-hybridized carbons (Fsp3) is 0.455. The highest BCUT2D eigenvalue weighted by molar-refractivity contribution is 7.58. The summed E-state index contributed by atoms with van der Waals surface area (Å²) in [5.74, 6) is -1.09. The van der Waals surface area contributed by atoms with Crippen molar-refractivity contribution in [3.8, 4) is 0 Å². The van der Waals surface area contributed by atoms with Crippen molar-refractivity contribution in [2.45, 2.75) is 18.6 Å². The molecule has 0 saturated heterocycles. The fourth-order valence-corrected chi connectivity index (χ4v) is 3.86. The second-order valence-electron chi connectivity index (χ2n) is 4.46. The summed E-state index contributed by atoms with van der Waals surface area (Å²) in [6, 6.07) is 9.23. The number of hydrogen-bond donors (Lipinski definition) is 4. The van der Waals surface area contributed by atoms with Crippen LogP contribution in [-0.2, 0) is 15.6 Å². The summed E-state index contributed by atoms with van der Waals surface area (Å²) in [6.45, 7) is 0. The van der Waals surface area contributed by atoms with E-state index in [9.17, 15) is 14.0 Å². The minimum Gasteiger partial charge on any atom is -0.343 e. The van der Waals surface area contributed by atoms with Gasteiger partial charge in [0, 0.05) is 6.16 Å². The first-order valence-corrected chi connectivity index (χ1v) is 9.57. The molecular formula is C11H19NO5P2. The Balaban J connectivity index is 2.51. The standard InChI is InChI=1S/C11H19NO5P2/c12-11(7-9-19(15,16)17)18(13,14)8-6-10-4-2-1-3-5-10/h1-5,11H,6-9,12H2,(H,13,14)(H2,15,16,17). The summed E-state index contributed by atoms with van der Waals surface area (Å²) in [5.41, 5.74) is 6.50. The average Bonchev–Trinajstić information content (AvgIpc) is 2.34. The number of aryl methyl sites for hydroxylation is 1. The zero-order valence-electron chi connectivity index (χ0n) is 10.4. The van der Waals surface area contributed by atoms with Crippen LogP contribution >= 0.6 is 15.0 Å². The summed E-state index contributed by atoms with van der Waals surface area (Å²) in [6.07, 6.45) is -0.200. The Morgan fingerprint density at radius 3 is 2.16 bits per heavy atom. The van der Waals surface area contributed by atoms with Crippen LogP contribution in [0.5, 0.6) is 0 Å². The third-order valence-corrected chi connectivity index (χ3v) is 5.80. The molecule has 8 heteroatoms. The smallest absolute Gasteiger partial charge is 0.325 e. The molecule has 1 rings (SSSR count). The van der Waals surface area contributed by atoms with Gasteiger partial charge < -0.3 is 20.4 Å². The molecule has 0 bridgehead atoms. The zero-order valence-corrected chi connectivity index (χ0v) is 12.2. The van der Waals surface area contributed by atoms with E-state index in [1.165, 1.54) is 0 Å². The molecule has 0 aliphatic rings. The van der Waals surface area contributed by atoms with Gasteiger partial charge >= 0.3 is 7.60 Å². The molecular weight excluding hydrogens is 288 g/mol. The van der Waals surface area contributed by atoms with Crippen LogP contribution in [0.1, 0.15) is 12.0 Å². The van der Waals surface area contributed by atoms with Gasteiger partial charge in [-0.25, -0.2) is 0 Å². The maximum absolute atomic E-state index is 12.0. The minimum atomic E-state index is -4.18. The van der Waals surface area contributed by atoms with Crippen molar-refractivity contribution in [3.05, 3.63) is 35.9 Å². The third kappa shape index (κ3) is 6.48. The number of benzene rings is 1. The van der Waals surface area contributed by atoms with E-state index in [-0.39, 0.29) is 12.6 Å². The second-order valence-corrected chi connectivity index (χ2v) is 8.86. The molecule has 0 radical (unpaired) electrons. The lowest BCUT2D eigenvalue weighted by atomic mass is 10.2. The van der Waals surface area contributed by atoms with Crippen LogP contribution < -0.4 is 5.73 Å². The molecule has 0 spiro atoms. The minimum absolute atomic E-state index is 0.0132. The van der Waals surface area contributed by atoms with Crippen molar-refractivity contribution in [3.63, 3.8) is 0 Å². The predicted molar refractivity (Wildman–Crippen MR) is 74.3 cm³/mol. The predicted octanol–water partition coefficient (Wildman–Crippen LogP) is 1.35. The van der Waals surface area contributed by atoms with Crippen LogP contribution in [0.15, 0.2) is 30.3 Å². The molecule has 0 aliphatic carbocycles. The first-order chi connectivity index (χ1) is 8.71. The number of nitrogens with two attached hydrogens (primary N) is 1. The number of hydrogen-bond acceptors (Lipinski definition) is 3. The Bertz CT molecular complexity index is 487. The molecule has 0 amide bonds. The first-order valence-electron chi connectivity index (χ1n) is 5.86. The van der Waals surface area contributed by atoms with Gasteiger partial charge in [-0.3, -0.25) is 9.13 Å². The fourth-order valence-electron chi connectivity index (χ4n) is 1.60. The molecule has 1 aromatic carbocycles. The van der Waals surface area contributed by atoms with Crippen LogP contribution in [0.4, 0.5) is 0 Å². The van der Waals surface area contributed by atoms with Gasteiger partial charge in [-0.15, -0.1) is 0 Å². The van der Waals surface area contributed by atoms with E-state index >= 15 is 0 Å². The monoisotopic (exact) mass is 307 g/mol. The molecule has 0 fully saturated rings. The normalized spacial score (nSPS) is 16.8. The highest BCUT2D eigenvalue weighted by Crippen LogP contribution is 2.47. The lowest BCUT2D eigenvalue weighted by Crippen LogP contribution is -2.23. The first kappa shape index (κ1) is 16.6. The molecule has 2 atom stereocenters. The van der Waals surface area contributed by atoms with Crippen molar-refractivity contribution in [2.75, 3.05) is 12.3 Å². The largest absolute Gasteiger partial charge is 0.343 e. The summed E-state index contributed by atoms with van der Waals surface area (Å²) in [5, 5.41) is 0. The molecule has 2 unspecified atom stereocenters. The zero-order chi connectivity index (χ0) is 14.5. The quantitative estimate of drug-likeness (QED) is 0.564. The van der Waals surface area contributed by atoms with Crippen molar-refractivity contribution >= 4 is 15.0 Å². The molecule has 0 heterocycles. The highest BCUT2D eigenvalue weighted by Gasteiger charge is 2.29. The summed E-state index contributed by atoms with van der Waals surface area (Å²) in [7, 11) is -7.78. The van der Waals surface area contributed by atoms with E-state index in [2.05, 4.69) is 0 Å². The second kappa shape index (κ2) is 6.80. The Labute approximate surface area is 112 Å². The Kier molecular flexibility index (Phi) is 5.93. The van der Waals surface area contributed by atoms with Crippen LogP contribution in [-0.4, -0.2) is 32.8 Å². The van der Waals surface area contributed by atoms with Gasteiger partial charge in [0.1, 0.15) is 0 Å². The summed E-state index contributed by atoms with van der Waals surface area (Å²) in [4.78, 5) is 27.3. The van der Waals surface area contributed by atoms with E-state index in [0.29, 0.717) is 6.42 Å². The van der Waals surface area contributed by atoms with E-state index in [1.54, 1.807) is 0 Å². The van der Waals surface area contributed by atoms with Crippen molar-refractivity contribution in [1.82, 2.24) is 0 Å².